The molecular formula is C14H18ClN3O2S. The first kappa shape index (κ1) is 16.0. The number of thiazole rings is 1. The molecule has 1 atom stereocenters. The number of anilines is 1. The summed E-state index contributed by atoms with van der Waals surface area (Å²) in [7, 11) is 1.64. The van der Waals surface area contributed by atoms with Crippen molar-refractivity contribution in [2.75, 3.05) is 25.5 Å². The van der Waals surface area contributed by atoms with Gasteiger partial charge in [-0.2, -0.15) is 0 Å². The van der Waals surface area contributed by atoms with Crippen molar-refractivity contribution in [3.63, 3.8) is 0 Å². The lowest BCUT2D eigenvalue weighted by Gasteiger charge is -2.31. The third kappa shape index (κ3) is 3.28. The lowest BCUT2D eigenvalue weighted by molar-refractivity contribution is -0.121. The molecule has 1 aliphatic rings. The standard InChI is InChI=1S/C14H17N3O2S.ClH/c1-8(9-6-15-7-9)13(18)17-14-16-11-4-3-10(19-2)5-12(11)20-14;/h3-5,8-9,15H,6-7H2,1-2H3,(H,16,17,18);1H. The van der Waals surface area contributed by atoms with Crippen LogP contribution in [-0.4, -0.2) is 31.1 Å². The van der Waals surface area contributed by atoms with E-state index in [9.17, 15) is 4.79 Å². The quantitative estimate of drug-likeness (QED) is 0.905. The molecule has 1 aliphatic heterocycles. The number of amides is 1. The van der Waals surface area contributed by atoms with Crippen molar-refractivity contribution < 1.29 is 9.53 Å². The Hall–Kier alpha value is -1.37. The average Bonchev–Trinajstić information content (AvgIpc) is 2.77. The van der Waals surface area contributed by atoms with E-state index in [1.54, 1.807) is 7.11 Å². The van der Waals surface area contributed by atoms with Crippen LogP contribution in [0.5, 0.6) is 5.75 Å². The molecule has 3 rings (SSSR count). The molecule has 7 heteroatoms. The Kier molecular flexibility index (Phi) is 5.03. The number of nitrogens with zero attached hydrogens (tertiary/aromatic N) is 1. The van der Waals surface area contributed by atoms with Crippen LogP contribution < -0.4 is 15.4 Å². The minimum atomic E-state index is 0. The molecular weight excluding hydrogens is 310 g/mol. The summed E-state index contributed by atoms with van der Waals surface area (Å²) in [6.45, 7) is 3.81. The highest BCUT2D eigenvalue weighted by molar-refractivity contribution is 7.22. The fourth-order valence-electron chi connectivity index (χ4n) is 2.18. The molecule has 21 heavy (non-hydrogen) atoms. The second-order valence-electron chi connectivity index (χ2n) is 5.05. The summed E-state index contributed by atoms with van der Waals surface area (Å²) < 4.78 is 6.20. The SMILES string of the molecule is COc1ccc2nc(NC(=O)C(C)C3CNC3)sc2c1.Cl. The largest absolute Gasteiger partial charge is 0.497 e. The second-order valence-corrected chi connectivity index (χ2v) is 6.08. The maximum atomic E-state index is 12.1. The van der Waals surface area contributed by atoms with Crippen LogP contribution in [0.2, 0.25) is 0 Å². The number of nitrogens with one attached hydrogen (secondary N) is 2. The Morgan fingerprint density at radius 3 is 2.90 bits per heavy atom. The van der Waals surface area contributed by atoms with Gasteiger partial charge in [0.05, 0.1) is 17.3 Å². The molecule has 1 amide bonds. The third-order valence-corrected chi connectivity index (χ3v) is 4.69. The average molecular weight is 328 g/mol. The van der Waals surface area contributed by atoms with E-state index in [1.807, 2.05) is 25.1 Å². The van der Waals surface area contributed by atoms with Gasteiger partial charge in [0.25, 0.3) is 0 Å². The minimum Gasteiger partial charge on any atom is -0.497 e. The van der Waals surface area contributed by atoms with E-state index in [1.165, 1.54) is 11.3 Å². The fraction of sp³-hybridized carbons (Fsp3) is 0.429. The molecule has 0 radical (unpaired) electrons. The summed E-state index contributed by atoms with van der Waals surface area (Å²) in [5, 5.41) is 6.76. The zero-order valence-corrected chi connectivity index (χ0v) is 13.5. The van der Waals surface area contributed by atoms with Crippen molar-refractivity contribution in [3.05, 3.63) is 18.2 Å². The molecule has 5 nitrogen and oxygen atoms in total. The zero-order chi connectivity index (χ0) is 14.1. The zero-order valence-electron chi connectivity index (χ0n) is 11.9. The van der Waals surface area contributed by atoms with Gasteiger partial charge in [0.2, 0.25) is 5.91 Å². The first-order valence-electron chi connectivity index (χ1n) is 6.63. The molecule has 0 bridgehead atoms. The predicted octanol–water partition coefficient (Wildman–Crippen LogP) is 2.52. The van der Waals surface area contributed by atoms with Crippen LogP contribution in [0, 0.1) is 11.8 Å². The van der Waals surface area contributed by atoms with E-state index in [0.717, 1.165) is 29.1 Å². The van der Waals surface area contributed by atoms with Crippen LogP contribution in [0.4, 0.5) is 5.13 Å². The van der Waals surface area contributed by atoms with Gasteiger partial charge in [0.1, 0.15) is 5.75 Å². The highest BCUT2D eigenvalue weighted by Crippen LogP contribution is 2.29. The molecule has 1 saturated heterocycles. The summed E-state index contributed by atoms with van der Waals surface area (Å²) in [6, 6.07) is 5.71. The van der Waals surface area contributed by atoms with Gasteiger partial charge in [-0.1, -0.05) is 18.3 Å². The molecule has 2 aromatic rings. The Balaban J connectivity index is 0.00000161. The van der Waals surface area contributed by atoms with E-state index in [0.29, 0.717) is 11.0 Å². The molecule has 2 N–H and O–H groups in total. The van der Waals surface area contributed by atoms with Gasteiger partial charge in [0, 0.05) is 5.92 Å². The van der Waals surface area contributed by atoms with E-state index in [4.69, 9.17) is 4.74 Å². The number of benzene rings is 1. The van der Waals surface area contributed by atoms with E-state index in [-0.39, 0.29) is 24.2 Å². The van der Waals surface area contributed by atoms with Crippen LogP contribution in [-0.2, 0) is 4.79 Å². The molecule has 0 aliphatic carbocycles. The number of carbonyl (C=O) groups excluding carboxylic acids is 1. The minimum absolute atomic E-state index is 0. The number of aromatic nitrogens is 1. The van der Waals surface area contributed by atoms with Crippen molar-refractivity contribution in [3.8, 4) is 5.75 Å². The monoisotopic (exact) mass is 327 g/mol. The molecule has 114 valence electrons. The van der Waals surface area contributed by atoms with Crippen molar-refractivity contribution in [1.29, 1.82) is 0 Å². The highest BCUT2D eigenvalue weighted by atomic mass is 35.5. The predicted molar refractivity (Wildman–Crippen MR) is 87.6 cm³/mol. The molecule has 1 fully saturated rings. The van der Waals surface area contributed by atoms with E-state index in [2.05, 4.69) is 15.6 Å². The Bertz CT molecular complexity index is 642. The third-order valence-electron chi connectivity index (χ3n) is 3.76. The Morgan fingerprint density at radius 2 is 2.29 bits per heavy atom. The molecule has 2 heterocycles. The summed E-state index contributed by atoms with van der Waals surface area (Å²) in [6.07, 6.45) is 0. The van der Waals surface area contributed by atoms with Gasteiger partial charge < -0.3 is 15.4 Å². The summed E-state index contributed by atoms with van der Waals surface area (Å²) >= 11 is 1.47. The Labute approximate surface area is 133 Å². The van der Waals surface area contributed by atoms with Gasteiger partial charge >= 0.3 is 0 Å². The summed E-state index contributed by atoms with van der Waals surface area (Å²) in [5.41, 5.74) is 0.879. The number of fused-ring (bicyclic) bond motifs is 1. The van der Waals surface area contributed by atoms with Gasteiger partial charge in [0.15, 0.2) is 5.13 Å². The Morgan fingerprint density at radius 1 is 1.52 bits per heavy atom. The number of rotatable bonds is 4. The maximum absolute atomic E-state index is 12.1. The van der Waals surface area contributed by atoms with E-state index >= 15 is 0 Å². The van der Waals surface area contributed by atoms with Crippen LogP contribution in [0.15, 0.2) is 18.2 Å². The normalized spacial score (nSPS) is 15.9. The van der Waals surface area contributed by atoms with Crippen LogP contribution in [0.25, 0.3) is 10.2 Å². The van der Waals surface area contributed by atoms with Gasteiger partial charge in [-0.3, -0.25) is 4.79 Å². The highest BCUT2D eigenvalue weighted by Gasteiger charge is 2.29. The van der Waals surface area contributed by atoms with E-state index < -0.39 is 0 Å². The molecule has 0 spiro atoms. The second kappa shape index (κ2) is 6.60. The number of hydrogen-bond acceptors (Lipinski definition) is 5. The molecule has 1 unspecified atom stereocenters. The first-order valence-corrected chi connectivity index (χ1v) is 7.45. The van der Waals surface area contributed by atoms with Gasteiger partial charge in [-0.25, -0.2) is 4.98 Å². The summed E-state index contributed by atoms with van der Waals surface area (Å²) in [5.74, 6) is 1.29. The van der Waals surface area contributed by atoms with Gasteiger partial charge in [-0.15, -0.1) is 12.4 Å². The smallest absolute Gasteiger partial charge is 0.229 e. The first-order chi connectivity index (χ1) is 9.67. The van der Waals surface area contributed by atoms with Gasteiger partial charge in [-0.05, 0) is 37.2 Å². The van der Waals surface area contributed by atoms with Crippen molar-refractivity contribution in [2.24, 2.45) is 11.8 Å². The van der Waals surface area contributed by atoms with Crippen LogP contribution in [0.1, 0.15) is 6.92 Å². The van der Waals surface area contributed by atoms with Crippen LogP contribution in [0.3, 0.4) is 0 Å². The van der Waals surface area contributed by atoms with Crippen molar-refractivity contribution in [1.82, 2.24) is 10.3 Å². The lowest BCUT2D eigenvalue weighted by Crippen LogP contribution is -2.48. The number of ether oxygens (including phenoxy) is 1. The number of halogens is 1. The molecule has 1 aromatic carbocycles. The van der Waals surface area contributed by atoms with Crippen molar-refractivity contribution in [2.45, 2.75) is 6.92 Å². The number of carbonyl (C=O) groups is 1. The van der Waals surface area contributed by atoms with Crippen molar-refractivity contribution >= 4 is 45.0 Å². The lowest BCUT2D eigenvalue weighted by atomic mass is 9.88. The van der Waals surface area contributed by atoms with Crippen LogP contribution >= 0.6 is 23.7 Å². The number of methoxy groups -OCH3 is 1. The maximum Gasteiger partial charge on any atom is 0.229 e. The molecule has 1 aromatic heterocycles. The molecule has 0 saturated carbocycles. The topological polar surface area (TPSA) is 63.2 Å². The number of hydrogen-bond donors (Lipinski definition) is 2. The fourth-order valence-corrected chi connectivity index (χ4v) is 3.08. The summed E-state index contributed by atoms with van der Waals surface area (Å²) in [4.78, 5) is 16.6.